The number of aliphatic hydroxyl groups excluding tert-OH is 2. The number of aliphatic hydroxyl groups is 2. The monoisotopic (exact) mass is 710 g/mol. The van der Waals surface area contributed by atoms with E-state index in [4.69, 9.17) is 22.3 Å². The van der Waals surface area contributed by atoms with Crippen molar-refractivity contribution in [3.63, 3.8) is 0 Å². The van der Waals surface area contributed by atoms with E-state index >= 15 is 0 Å². The largest absolute Gasteiger partial charge is 0.480 e. The number of carbonyl (C=O) groups is 7. The fraction of sp³-hybridized carbons (Fsp3) is 0.733. The van der Waals surface area contributed by atoms with Crippen molar-refractivity contribution in [1.82, 2.24) is 30.7 Å². The third kappa shape index (κ3) is 10.2. The highest BCUT2D eigenvalue weighted by atomic mass is 16.4. The second-order valence-corrected chi connectivity index (χ2v) is 12.7. The van der Waals surface area contributed by atoms with Gasteiger partial charge in [-0.15, -0.1) is 0 Å². The number of rotatable bonds is 16. The quantitative estimate of drug-likeness (QED) is 0.0412. The average Bonchev–Trinajstić information content (AvgIpc) is 3.86. The maximum atomic E-state index is 14.0. The Bertz CT molecular complexity index is 1310. The van der Waals surface area contributed by atoms with Crippen molar-refractivity contribution in [2.45, 2.75) is 101 Å². The van der Waals surface area contributed by atoms with Crippen LogP contribution in [0.4, 0.5) is 0 Å². The Kier molecular flexibility index (Phi) is 14.7. The molecule has 1 unspecified atom stereocenters. The lowest BCUT2D eigenvalue weighted by Crippen LogP contribution is -2.60. The molecule has 0 aromatic heterocycles. The number of carboxylic acids is 1. The zero-order valence-electron chi connectivity index (χ0n) is 28.2. The van der Waals surface area contributed by atoms with E-state index in [1.807, 2.05) is 0 Å². The van der Waals surface area contributed by atoms with E-state index in [9.17, 15) is 43.8 Å². The van der Waals surface area contributed by atoms with Gasteiger partial charge >= 0.3 is 5.97 Å². The van der Waals surface area contributed by atoms with Gasteiger partial charge in [0.25, 0.3) is 0 Å². The molecule has 20 heteroatoms. The van der Waals surface area contributed by atoms with Gasteiger partial charge in [0, 0.05) is 26.2 Å². The molecule has 50 heavy (non-hydrogen) atoms. The maximum Gasteiger partial charge on any atom is 0.322 e. The van der Waals surface area contributed by atoms with Crippen LogP contribution < -0.4 is 33.2 Å². The summed E-state index contributed by atoms with van der Waals surface area (Å²) in [6.07, 6.45) is 1.62. The normalized spacial score (nSPS) is 22.6. The van der Waals surface area contributed by atoms with Gasteiger partial charge in [-0.3, -0.25) is 38.6 Å². The number of aliphatic imine (C=N–C) groups is 1. The smallest absolute Gasteiger partial charge is 0.322 e. The number of amides is 6. The number of guanidine groups is 1. The summed E-state index contributed by atoms with van der Waals surface area (Å²) in [4.78, 5) is 98.4. The molecule has 0 bridgehead atoms. The molecule has 7 atom stereocenters. The summed E-state index contributed by atoms with van der Waals surface area (Å²) in [5.41, 5.74) is 16.6. The molecule has 3 heterocycles. The van der Waals surface area contributed by atoms with E-state index in [1.165, 1.54) is 21.6 Å². The van der Waals surface area contributed by atoms with E-state index in [-0.39, 0.29) is 45.0 Å². The van der Waals surface area contributed by atoms with Gasteiger partial charge in [0.1, 0.15) is 36.8 Å². The van der Waals surface area contributed by atoms with Gasteiger partial charge in [-0.25, -0.2) is 0 Å². The van der Waals surface area contributed by atoms with Crippen LogP contribution >= 0.6 is 0 Å². The van der Waals surface area contributed by atoms with E-state index in [1.54, 1.807) is 0 Å². The van der Waals surface area contributed by atoms with Crippen LogP contribution in [0.5, 0.6) is 0 Å². The maximum absolute atomic E-state index is 14.0. The first-order valence-electron chi connectivity index (χ1n) is 16.8. The lowest BCUT2D eigenvalue weighted by Gasteiger charge is -2.35. The SMILES string of the molecule is CC(O)[C@H](NC(=O)[C@@H](N)CCCN=C(N)N)C(=O)N1CCC[C@H]1C(=O)N1CCC[C@H]1C(=O)N1CCC[C@H]1C(=O)N[C@@H](CO)C(=O)NCC(=O)O. The fourth-order valence-electron chi connectivity index (χ4n) is 6.49. The molecule has 0 aromatic rings. The molecule has 0 radical (unpaired) electrons. The Labute approximate surface area is 289 Å². The molecule has 0 saturated carbocycles. The summed E-state index contributed by atoms with van der Waals surface area (Å²) in [6.45, 7) is 0.719. The van der Waals surface area contributed by atoms with Crippen molar-refractivity contribution >= 4 is 47.4 Å². The highest BCUT2D eigenvalue weighted by Gasteiger charge is 2.47. The molecule has 3 aliphatic heterocycles. The van der Waals surface area contributed by atoms with Crippen LogP contribution in [0, 0.1) is 0 Å². The predicted molar refractivity (Wildman–Crippen MR) is 175 cm³/mol. The number of nitrogens with zero attached hydrogens (tertiary/aromatic N) is 4. The summed E-state index contributed by atoms with van der Waals surface area (Å²) in [6, 6.07) is -6.67. The van der Waals surface area contributed by atoms with Gasteiger partial charge in [0.15, 0.2) is 5.96 Å². The molecular formula is C30H50N10O10. The predicted octanol–water partition coefficient (Wildman–Crippen LogP) is -5.12. The lowest BCUT2D eigenvalue weighted by molar-refractivity contribution is -0.152. The van der Waals surface area contributed by atoms with Gasteiger partial charge in [-0.2, -0.15) is 0 Å². The standard InChI is InChI=1S/C30H50N10O10/c1-16(42)23(37-24(45)17(31)6-2-10-34-30(32)33)29(50)40-13-5-9-21(40)28(49)39-12-4-8-20(39)27(48)38-11-3-7-19(38)26(47)36-18(15-41)25(46)35-14-22(43)44/h16-21,23,41-42H,2-15,31H2,1H3,(H,35,46)(H,36,47)(H,37,45)(H,43,44)(H4,32,33,34)/t16?,17-,18-,19-,20-,21-,23-/m0/s1. The number of nitrogens with two attached hydrogens (primary N) is 3. The van der Waals surface area contributed by atoms with E-state index in [0.29, 0.717) is 38.5 Å². The Morgan fingerprint density at radius 3 is 1.92 bits per heavy atom. The Morgan fingerprint density at radius 1 is 0.840 bits per heavy atom. The van der Waals surface area contributed by atoms with E-state index < -0.39 is 96.9 Å². The van der Waals surface area contributed by atoms with Crippen LogP contribution in [0.15, 0.2) is 4.99 Å². The zero-order valence-corrected chi connectivity index (χ0v) is 28.2. The summed E-state index contributed by atoms with van der Waals surface area (Å²) < 4.78 is 0. The first-order chi connectivity index (χ1) is 23.7. The van der Waals surface area contributed by atoms with Crippen molar-refractivity contribution in [1.29, 1.82) is 0 Å². The number of carboxylic acid groups (broad SMARTS) is 1. The second-order valence-electron chi connectivity index (χ2n) is 12.7. The molecule has 3 rings (SSSR count). The minimum atomic E-state index is -1.43. The van der Waals surface area contributed by atoms with Gasteiger partial charge in [-0.1, -0.05) is 0 Å². The third-order valence-corrected chi connectivity index (χ3v) is 9.06. The molecule has 0 aliphatic carbocycles. The molecule has 0 spiro atoms. The van der Waals surface area contributed by atoms with Crippen LogP contribution in [-0.2, 0) is 33.6 Å². The van der Waals surface area contributed by atoms with Crippen molar-refractivity contribution in [2.75, 3.05) is 39.3 Å². The summed E-state index contributed by atoms with van der Waals surface area (Å²) in [5.74, 6) is -5.28. The summed E-state index contributed by atoms with van der Waals surface area (Å²) in [7, 11) is 0. The third-order valence-electron chi connectivity index (χ3n) is 9.06. The molecule has 3 saturated heterocycles. The second kappa shape index (κ2) is 18.4. The number of likely N-dealkylation sites (tertiary alicyclic amines) is 3. The fourth-order valence-corrected chi connectivity index (χ4v) is 6.49. The number of aliphatic carboxylic acids is 1. The van der Waals surface area contributed by atoms with Crippen LogP contribution in [-0.4, -0.2) is 159 Å². The van der Waals surface area contributed by atoms with Gasteiger partial charge in [-0.05, 0) is 58.3 Å². The topological polar surface area (TPSA) is 316 Å². The van der Waals surface area contributed by atoms with Crippen LogP contribution in [0.3, 0.4) is 0 Å². The molecule has 12 N–H and O–H groups in total. The van der Waals surface area contributed by atoms with Gasteiger partial charge in [0.05, 0.1) is 18.8 Å². The minimum absolute atomic E-state index is 0.0957. The lowest BCUT2D eigenvalue weighted by atomic mass is 10.1. The minimum Gasteiger partial charge on any atom is -0.480 e. The first kappa shape index (κ1) is 39.9. The zero-order chi connectivity index (χ0) is 37.1. The van der Waals surface area contributed by atoms with E-state index in [2.05, 4.69) is 20.9 Å². The molecular weight excluding hydrogens is 660 g/mol. The van der Waals surface area contributed by atoms with Crippen LogP contribution in [0.1, 0.15) is 58.3 Å². The molecule has 3 fully saturated rings. The van der Waals surface area contributed by atoms with Crippen LogP contribution in [0.25, 0.3) is 0 Å². The Morgan fingerprint density at radius 2 is 1.38 bits per heavy atom. The van der Waals surface area contributed by atoms with Crippen molar-refractivity contribution in [2.24, 2.45) is 22.2 Å². The van der Waals surface area contributed by atoms with Crippen LogP contribution in [0.2, 0.25) is 0 Å². The summed E-state index contributed by atoms with van der Waals surface area (Å²) >= 11 is 0. The number of hydrogen-bond acceptors (Lipinski definition) is 11. The van der Waals surface area contributed by atoms with Crippen molar-refractivity contribution < 1.29 is 48.9 Å². The molecule has 6 amide bonds. The number of nitrogens with one attached hydrogen (secondary N) is 3. The molecule has 0 aromatic carbocycles. The van der Waals surface area contributed by atoms with Gasteiger partial charge in [0.2, 0.25) is 35.4 Å². The molecule has 3 aliphatic rings. The first-order valence-corrected chi connectivity index (χ1v) is 16.8. The number of hydrogen-bond donors (Lipinski definition) is 9. The summed E-state index contributed by atoms with van der Waals surface area (Å²) in [5, 5.41) is 35.8. The van der Waals surface area contributed by atoms with Crippen molar-refractivity contribution in [3.05, 3.63) is 0 Å². The molecule has 280 valence electrons. The van der Waals surface area contributed by atoms with Gasteiger partial charge < -0.3 is 63.2 Å². The highest BCUT2D eigenvalue weighted by molar-refractivity contribution is 5.97. The highest BCUT2D eigenvalue weighted by Crippen LogP contribution is 2.29. The van der Waals surface area contributed by atoms with E-state index in [0.717, 1.165) is 0 Å². The molecule has 20 nitrogen and oxygen atoms in total. The Balaban J connectivity index is 1.66. The Hall–Kier alpha value is -4.56. The number of carbonyl (C=O) groups excluding carboxylic acids is 6. The average molecular weight is 711 g/mol. The van der Waals surface area contributed by atoms with Crippen molar-refractivity contribution in [3.8, 4) is 0 Å².